The van der Waals surface area contributed by atoms with Crippen molar-refractivity contribution in [3.05, 3.63) is 35.4 Å². The molecule has 1 aromatic rings. The van der Waals surface area contributed by atoms with E-state index >= 15 is 0 Å². The second-order valence-electron chi connectivity index (χ2n) is 5.32. The van der Waals surface area contributed by atoms with Gasteiger partial charge in [0, 0.05) is 13.2 Å². The predicted molar refractivity (Wildman–Crippen MR) is 74.7 cm³/mol. The van der Waals surface area contributed by atoms with Gasteiger partial charge in [-0.3, -0.25) is 4.79 Å². The first-order chi connectivity index (χ1) is 9.03. The van der Waals surface area contributed by atoms with Crippen LogP contribution >= 0.6 is 0 Å². The molecule has 3 N–H and O–H groups in total. The minimum atomic E-state index is -0.783. The van der Waals surface area contributed by atoms with Gasteiger partial charge in [-0.15, -0.1) is 0 Å². The van der Waals surface area contributed by atoms with Gasteiger partial charge in [0.1, 0.15) is 0 Å². The van der Waals surface area contributed by atoms with Crippen LogP contribution in [0.25, 0.3) is 0 Å². The van der Waals surface area contributed by atoms with Gasteiger partial charge in [-0.25, -0.2) is 0 Å². The standard InChI is InChI=1S/C15H22N2O2/c1-11-5-3-4-6-13(11)12(2)17-14(18)15(16)7-9-19-10-8-15/h3-6,12H,7-10,16H2,1-2H3,(H,17,18). The SMILES string of the molecule is Cc1ccccc1C(C)NC(=O)C1(N)CCOCC1. The van der Waals surface area contributed by atoms with Crippen molar-refractivity contribution < 1.29 is 9.53 Å². The van der Waals surface area contributed by atoms with E-state index in [9.17, 15) is 4.79 Å². The largest absolute Gasteiger partial charge is 0.381 e. The number of amides is 1. The molecule has 0 saturated carbocycles. The van der Waals surface area contributed by atoms with Crippen LogP contribution in [0.4, 0.5) is 0 Å². The van der Waals surface area contributed by atoms with Crippen LogP contribution in [0.5, 0.6) is 0 Å². The third-order valence-electron chi connectivity index (χ3n) is 3.84. The second kappa shape index (κ2) is 5.72. The van der Waals surface area contributed by atoms with E-state index in [-0.39, 0.29) is 11.9 Å². The summed E-state index contributed by atoms with van der Waals surface area (Å²) in [6.45, 7) is 5.15. The summed E-state index contributed by atoms with van der Waals surface area (Å²) in [7, 11) is 0. The number of aryl methyl sites for hydroxylation is 1. The molecule has 1 aliphatic heterocycles. The van der Waals surface area contributed by atoms with Crippen LogP contribution < -0.4 is 11.1 Å². The Labute approximate surface area is 114 Å². The van der Waals surface area contributed by atoms with E-state index in [1.165, 1.54) is 5.56 Å². The monoisotopic (exact) mass is 262 g/mol. The number of nitrogens with two attached hydrogens (primary N) is 1. The topological polar surface area (TPSA) is 64.4 Å². The zero-order valence-electron chi connectivity index (χ0n) is 11.6. The van der Waals surface area contributed by atoms with Crippen LogP contribution in [0.2, 0.25) is 0 Å². The van der Waals surface area contributed by atoms with E-state index in [0.717, 1.165) is 5.56 Å². The lowest BCUT2D eigenvalue weighted by Gasteiger charge is -2.33. The molecular weight excluding hydrogens is 240 g/mol. The molecule has 1 saturated heterocycles. The number of hydrogen-bond acceptors (Lipinski definition) is 3. The van der Waals surface area contributed by atoms with Gasteiger partial charge >= 0.3 is 0 Å². The van der Waals surface area contributed by atoms with Crippen LogP contribution in [0.15, 0.2) is 24.3 Å². The summed E-state index contributed by atoms with van der Waals surface area (Å²) in [5, 5.41) is 3.03. The van der Waals surface area contributed by atoms with Crippen molar-refractivity contribution in [3.8, 4) is 0 Å². The third kappa shape index (κ3) is 3.14. The number of carbonyl (C=O) groups is 1. The van der Waals surface area contributed by atoms with Crippen LogP contribution in [0.1, 0.15) is 36.9 Å². The van der Waals surface area contributed by atoms with Crippen molar-refractivity contribution in [2.24, 2.45) is 5.73 Å². The molecule has 1 unspecified atom stereocenters. The molecule has 0 spiro atoms. The smallest absolute Gasteiger partial charge is 0.240 e. The molecule has 4 heteroatoms. The molecule has 1 amide bonds. The van der Waals surface area contributed by atoms with Gasteiger partial charge in [0.25, 0.3) is 0 Å². The first-order valence-electron chi connectivity index (χ1n) is 6.76. The summed E-state index contributed by atoms with van der Waals surface area (Å²) in [6.07, 6.45) is 1.17. The van der Waals surface area contributed by atoms with Gasteiger partial charge in [-0.05, 0) is 37.8 Å². The molecule has 0 bridgehead atoms. The number of carbonyl (C=O) groups excluding carboxylic acids is 1. The molecule has 0 aromatic heterocycles. The lowest BCUT2D eigenvalue weighted by Crippen LogP contribution is -2.57. The summed E-state index contributed by atoms with van der Waals surface area (Å²) < 4.78 is 5.26. The van der Waals surface area contributed by atoms with Crippen LogP contribution in [-0.2, 0) is 9.53 Å². The summed E-state index contributed by atoms with van der Waals surface area (Å²) in [4.78, 5) is 12.3. The van der Waals surface area contributed by atoms with Gasteiger partial charge < -0.3 is 15.8 Å². The highest BCUT2D eigenvalue weighted by Crippen LogP contribution is 2.21. The lowest BCUT2D eigenvalue weighted by atomic mass is 9.89. The molecular formula is C15H22N2O2. The first-order valence-corrected chi connectivity index (χ1v) is 6.76. The van der Waals surface area contributed by atoms with Crippen LogP contribution in [0, 0.1) is 6.92 Å². The van der Waals surface area contributed by atoms with Crippen molar-refractivity contribution >= 4 is 5.91 Å². The fraction of sp³-hybridized carbons (Fsp3) is 0.533. The van der Waals surface area contributed by atoms with Gasteiger partial charge in [0.05, 0.1) is 11.6 Å². The van der Waals surface area contributed by atoms with E-state index in [2.05, 4.69) is 5.32 Å². The van der Waals surface area contributed by atoms with E-state index in [0.29, 0.717) is 26.1 Å². The Morgan fingerprint density at radius 3 is 2.63 bits per heavy atom. The summed E-state index contributed by atoms with van der Waals surface area (Å²) >= 11 is 0. The molecule has 2 rings (SSSR count). The molecule has 0 radical (unpaired) electrons. The third-order valence-corrected chi connectivity index (χ3v) is 3.84. The highest BCUT2D eigenvalue weighted by molar-refractivity contribution is 5.86. The van der Waals surface area contributed by atoms with E-state index in [1.54, 1.807) is 0 Å². The Morgan fingerprint density at radius 2 is 2.00 bits per heavy atom. The molecule has 1 aliphatic rings. The highest BCUT2D eigenvalue weighted by atomic mass is 16.5. The Balaban J connectivity index is 2.04. The zero-order valence-corrected chi connectivity index (χ0v) is 11.6. The average Bonchev–Trinajstić information content (AvgIpc) is 2.40. The van der Waals surface area contributed by atoms with Crippen molar-refractivity contribution in [1.82, 2.24) is 5.32 Å². The van der Waals surface area contributed by atoms with Crippen molar-refractivity contribution in [1.29, 1.82) is 0 Å². The number of benzene rings is 1. The quantitative estimate of drug-likeness (QED) is 0.871. The maximum absolute atomic E-state index is 12.3. The maximum Gasteiger partial charge on any atom is 0.240 e. The van der Waals surface area contributed by atoms with Gasteiger partial charge in [-0.1, -0.05) is 24.3 Å². The Bertz CT molecular complexity index is 453. The fourth-order valence-corrected chi connectivity index (χ4v) is 2.45. The first kappa shape index (κ1) is 14.0. The molecule has 19 heavy (non-hydrogen) atoms. The Morgan fingerprint density at radius 1 is 1.37 bits per heavy atom. The lowest BCUT2D eigenvalue weighted by molar-refractivity contribution is -0.130. The molecule has 1 fully saturated rings. The normalized spacial score (nSPS) is 19.7. The summed E-state index contributed by atoms with van der Waals surface area (Å²) in [5.74, 6) is -0.0773. The van der Waals surface area contributed by atoms with E-state index < -0.39 is 5.54 Å². The molecule has 104 valence electrons. The predicted octanol–water partition coefficient (Wildman–Crippen LogP) is 1.68. The fourth-order valence-electron chi connectivity index (χ4n) is 2.45. The maximum atomic E-state index is 12.3. The van der Waals surface area contributed by atoms with Crippen molar-refractivity contribution in [2.75, 3.05) is 13.2 Å². The second-order valence-corrected chi connectivity index (χ2v) is 5.32. The Kier molecular flexibility index (Phi) is 4.22. The van der Waals surface area contributed by atoms with Crippen LogP contribution in [0.3, 0.4) is 0 Å². The van der Waals surface area contributed by atoms with E-state index in [4.69, 9.17) is 10.5 Å². The Hall–Kier alpha value is -1.39. The molecule has 1 heterocycles. The van der Waals surface area contributed by atoms with Gasteiger partial charge in [-0.2, -0.15) is 0 Å². The molecule has 0 aliphatic carbocycles. The zero-order chi connectivity index (χ0) is 13.9. The summed E-state index contributed by atoms with van der Waals surface area (Å²) in [6, 6.07) is 8.03. The van der Waals surface area contributed by atoms with Crippen LogP contribution in [-0.4, -0.2) is 24.7 Å². The van der Waals surface area contributed by atoms with Gasteiger partial charge in [0.15, 0.2) is 0 Å². The molecule has 4 nitrogen and oxygen atoms in total. The van der Waals surface area contributed by atoms with Gasteiger partial charge in [0.2, 0.25) is 5.91 Å². The average molecular weight is 262 g/mol. The highest BCUT2D eigenvalue weighted by Gasteiger charge is 2.36. The van der Waals surface area contributed by atoms with Crippen molar-refractivity contribution in [2.45, 2.75) is 38.3 Å². The number of rotatable bonds is 3. The summed E-state index contributed by atoms with van der Waals surface area (Å²) in [5.41, 5.74) is 7.70. The molecule has 1 atom stereocenters. The number of hydrogen-bond donors (Lipinski definition) is 2. The van der Waals surface area contributed by atoms with Crippen molar-refractivity contribution in [3.63, 3.8) is 0 Å². The minimum absolute atomic E-state index is 0.0306. The number of nitrogens with one attached hydrogen (secondary N) is 1. The molecule has 1 aromatic carbocycles. The minimum Gasteiger partial charge on any atom is -0.381 e. The van der Waals surface area contributed by atoms with E-state index in [1.807, 2.05) is 38.1 Å². The number of ether oxygens (including phenoxy) is 1.